The molecule has 0 spiro atoms. The summed E-state index contributed by atoms with van der Waals surface area (Å²) in [5.74, 6) is -1.21. The molecule has 2 aromatic rings. The van der Waals surface area contributed by atoms with E-state index in [1.54, 1.807) is 24.3 Å². The predicted octanol–water partition coefficient (Wildman–Crippen LogP) is 2.34. The maximum atomic E-state index is 12.1. The molecule has 1 aliphatic rings. The first kappa shape index (κ1) is 13.3. The fraction of sp³-hybridized carbons (Fsp3) is 0.0667. The first-order chi connectivity index (χ1) is 10.1. The van der Waals surface area contributed by atoms with Gasteiger partial charge in [0.05, 0.1) is 17.8 Å². The number of halogens is 1. The SMILES string of the molecule is N#Cc1ncccc1CN1C(=O)C(=O)c2cc(Cl)ccc21. The van der Waals surface area contributed by atoms with Crippen molar-refractivity contribution in [1.82, 2.24) is 4.98 Å². The summed E-state index contributed by atoms with van der Waals surface area (Å²) in [6.45, 7) is 0.121. The molecular formula is C15H8ClN3O2. The third-order valence-electron chi connectivity index (χ3n) is 3.26. The summed E-state index contributed by atoms with van der Waals surface area (Å²) >= 11 is 5.86. The van der Waals surface area contributed by atoms with Crippen molar-refractivity contribution in [3.05, 3.63) is 58.4 Å². The molecule has 1 aromatic heterocycles. The summed E-state index contributed by atoms with van der Waals surface area (Å²) < 4.78 is 0. The highest BCUT2D eigenvalue weighted by molar-refractivity contribution is 6.52. The Kier molecular flexibility index (Phi) is 3.16. The number of hydrogen-bond donors (Lipinski definition) is 0. The molecule has 0 unspecified atom stereocenters. The first-order valence-corrected chi connectivity index (χ1v) is 6.49. The van der Waals surface area contributed by atoms with E-state index in [0.29, 0.717) is 16.3 Å². The van der Waals surface area contributed by atoms with Gasteiger partial charge in [-0.3, -0.25) is 9.59 Å². The summed E-state index contributed by atoms with van der Waals surface area (Å²) in [6, 6.07) is 10.1. The molecule has 102 valence electrons. The van der Waals surface area contributed by atoms with Gasteiger partial charge in [-0.2, -0.15) is 5.26 Å². The first-order valence-electron chi connectivity index (χ1n) is 6.11. The topological polar surface area (TPSA) is 74.1 Å². The standard InChI is InChI=1S/C15H8ClN3O2/c16-10-3-4-13-11(6-10)14(20)15(21)19(13)8-9-2-1-5-18-12(9)7-17/h1-6H,8H2. The Hall–Kier alpha value is -2.71. The molecule has 6 heteroatoms. The van der Waals surface area contributed by atoms with Crippen LogP contribution in [0.5, 0.6) is 0 Å². The zero-order valence-electron chi connectivity index (χ0n) is 10.7. The van der Waals surface area contributed by atoms with Crippen LogP contribution in [0.3, 0.4) is 0 Å². The van der Waals surface area contributed by atoms with Crippen LogP contribution in [0.4, 0.5) is 5.69 Å². The maximum Gasteiger partial charge on any atom is 0.299 e. The lowest BCUT2D eigenvalue weighted by atomic mass is 10.1. The molecule has 0 radical (unpaired) electrons. The maximum absolute atomic E-state index is 12.1. The van der Waals surface area contributed by atoms with Crippen molar-refractivity contribution in [2.75, 3.05) is 4.90 Å². The number of aromatic nitrogens is 1. The number of anilines is 1. The lowest BCUT2D eigenvalue weighted by Crippen LogP contribution is -2.29. The van der Waals surface area contributed by atoms with Crippen molar-refractivity contribution in [2.24, 2.45) is 0 Å². The Bertz CT molecular complexity index is 811. The van der Waals surface area contributed by atoms with Crippen molar-refractivity contribution in [2.45, 2.75) is 6.54 Å². The summed E-state index contributed by atoms with van der Waals surface area (Å²) in [5, 5.41) is 9.44. The van der Waals surface area contributed by atoms with E-state index >= 15 is 0 Å². The normalized spacial score (nSPS) is 13.2. The van der Waals surface area contributed by atoms with Crippen molar-refractivity contribution in [3.8, 4) is 6.07 Å². The minimum atomic E-state index is -0.625. The zero-order chi connectivity index (χ0) is 15.0. The van der Waals surface area contributed by atoms with E-state index in [1.807, 2.05) is 6.07 Å². The highest BCUT2D eigenvalue weighted by Gasteiger charge is 2.36. The molecule has 0 saturated heterocycles. The molecule has 3 rings (SSSR count). The monoisotopic (exact) mass is 297 g/mol. The number of carbonyl (C=O) groups is 2. The van der Waals surface area contributed by atoms with Crippen LogP contribution >= 0.6 is 11.6 Å². The molecule has 0 N–H and O–H groups in total. The molecule has 0 fully saturated rings. The Balaban J connectivity index is 2.03. The molecule has 1 aromatic carbocycles. The lowest BCUT2D eigenvalue weighted by Gasteiger charge is -2.16. The minimum absolute atomic E-state index is 0.121. The number of fused-ring (bicyclic) bond motifs is 1. The highest BCUT2D eigenvalue weighted by atomic mass is 35.5. The number of nitrogens with zero attached hydrogens (tertiary/aromatic N) is 3. The molecule has 21 heavy (non-hydrogen) atoms. The van der Waals surface area contributed by atoms with Gasteiger partial charge < -0.3 is 4.90 Å². The predicted molar refractivity (Wildman–Crippen MR) is 75.9 cm³/mol. The lowest BCUT2D eigenvalue weighted by molar-refractivity contribution is -0.114. The van der Waals surface area contributed by atoms with Crippen LogP contribution in [-0.4, -0.2) is 16.7 Å². The van der Waals surface area contributed by atoms with E-state index in [-0.39, 0.29) is 17.8 Å². The number of amides is 1. The number of Topliss-reactive ketones (excluding diaryl/α,β-unsaturated/α-hetero) is 1. The van der Waals surface area contributed by atoms with E-state index in [9.17, 15) is 9.59 Å². The van der Waals surface area contributed by atoms with Gasteiger partial charge in [0.15, 0.2) is 0 Å². The van der Waals surface area contributed by atoms with Crippen LogP contribution in [-0.2, 0) is 11.3 Å². The van der Waals surface area contributed by atoms with Gasteiger partial charge in [-0.25, -0.2) is 4.98 Å². The number of benzene rings is 1. The largest absolute Gasteiger partial charge is 0.300 e. The van der Waals surface area contributed by atoms with Crippen molar-refractivity contribution in [3.63, 3.8) is 0 Å². The summed E-state index contributed by atoms with van der Waals surface area (Å²) in [7, 11) is 0. The number of carbonyl (C=O) groups excluding carboxylic acids is 2. The van der Waals surface area contributed by atoms with Gasteiger partial charge >= 0.3 is 0 Å². The minimum Gasteiger partial charge on any atom is -0.300 e. The molecule has 0 bridgehead atoms. The van der Waals surface area contributed by atoms with Gasteiger partial charge in [-0.1, -0.05) is 17.7 Å². The Morgan fingerprint density at radius 3 is 2.86 bits per heavy atom. The molecule has 2 heterocycles. The van der Waals surface area contributed by atoms with E-state index in [2.05, 4.69) is 4.98 Å². The number of hydrogen-bond acceptors (Lipinski definition) is 4. The molecule has 1 aliphatic heterocycles. The summed E-state index contributed by atoms with van der Waals surface area (Å²) in [6.07, 6.45) is 1.51. The average molecular weight is 298 g/mol. The fourth-order valence-corrected chi connectivity index (χ4v) is 2.44. The van der Waals surface area contributed by atoms with E-state index in [1.165, 1.54) is 17.2 Å². The Labute approximate surface area is 125 Å². The van der Waals surface area contributed by atoms with Crippen LogP contribution in [0, 0.1) is 11.3 Å². The van der Waals surface area contributed by atoms with Gasteiger partial charge in [0.25, 0.3) is 11.7 Å². The number of rotatable bonds is 2. The summed E-state index contributed by atoms with van der Waals surface area (Å²) in [4.78, 5) is 29.4. The smallest absolute Gasteiger partial charge is 0.299 e. The third-order valence-corrected chi connectivity index (χ3v) is 3.49. The highest BCUT2D eigenvalue weighted by Crippen LogP contribution is 2.32. The van der Waals surface area contributed by atoms with Crippen molar-refractivity contribution < 1.29 is 9.59 Å². The van der Waals surface area contributed by atoms with Gasteiger partial charge in [0.2, 0.25) is 0 Å². The average Bonchev–Trinajstić information content (AvgIpc) is 2.73. The third kappa shape index (κ3) is 2.16. The van der Waals surface area contributed by atoms with Crippen molar-refractivity contribution >= 4 is 29.0 Å². The van der Waals surface area contributed by atoms with Crippen LogP contribution in [0.25, 0.3) is 0 Å². The summed E-state index contributed by atoms with van der Waals surface area (Å²) in [5.41, 5.74) is 1.61. The molecule has 0 saturated carbocycles. The van der Waals surface area contributed by atoms with E-state index < -0.39 is 11.7 Å². The van der Waals surface area contributed by atoms with Crippen LogP contribution in [0.15, 0.2) is 36.5 Å². The quantitative estimate of drug-likeness (QED) is 0.797. The second-order valence-electron chi connectivity index (χ2n) is 4.50. The Morgan fingerprint density at radius 2 is 2.10 bits per heavy atom. The second kappa shape index (κ2) is 5.00. The van der Waals surface area contributed by atoms with Gasteiger partial charge in [0.1, 0.15) is 11.8 Å². The van der Waals surface area contributed by atoms with E-state index in [0.717, 1.165) is 0 Å². The van der Waals surface area contributed by atoms with Crippen molar-refractivity contribution in [1.29, 1.82) is 5.26 Å². The molecule has 5 nitrogen and oxygen atoms in total. The Morgan fingerprint density at radius 1 is 1.29 bits per heavy atom. The number of pyridine rings is 1. The number of ketones is 1. The van der Waals surface area contributed by atoms with Crippen LogP contribution in [0.2, 0.25) is 5.02 Å². The number of nitriles is 1. The molecule has 0 atom stereocenters. The van der Waals surface area contributed by atoms with Gasteiger partial charge in [-0.05, 0) is 24.3 Å². The van der Waals surface area contributed by atoms with Gasteiger partial charge in [-0.15, -0.1) is 0 Å². The molecular weight excluding hydrogens is 290 g/mol. The molecule has 0 aliphatic carbocycles. The second-order valence-corrected chi connectivity index (χ2v) is 4.94. The van der Waals surface area contributed by atoms with Crippen LogP contribution < -0.4 is 4.90 Å². The molecule has 1 amide bonds. The van der Waals surface area contributed by atoms with E-state index in [4.69, 9.17) is 16.9 Å². The van der Waals surface area contributed by atoms with Crippen LogP contribution in [0.1, 0.15) is 21.6 Å². The fourth-order valence-electron chi connectivity index (χ4n) is 2.27. The van der Waals surface area contributed by atoms with Gasteiger partial charge in [0, 0.05) is 16.8 Å². The zero-order valence-corrected chi connectivity index (χ0v) is 11.5.